The molecule has 0 spiro atoms. The van der Waals surface area contributed by atoms with E-state index in [0.29, 0.717) is 13.1 Å². The number of rotatable bonds is 5. The lowest BCUT2D eigenvalue weighted by atomic mass is 10.3. The van der Waals surface area contributed by atoms with Crippen molar-refractivity contribution in [3.8, 4) is 0 Å². The van der Waals surface area contributed by atoms with Gasteiger partial charge in [0, 0.05) is 6.54 Å². The van der Waals surface area contributed by atoms with Gasteiger partial charge in [-0.05, 0) is 12.1 Å². The van der Waals surface area contributed by atoms with Gasteiger partial charge in [0.1, 0.15) is 5.76 Å². The van der Waals surface area contributed by atoms with Crippen LogP contribution >= 0.6 is 0 Å². The second-order valence-electron chi connectivity index (χ2n) is 2.55. The lowest BCUT2D eigenvalue weighted by Gasteiger charge is -2.06. The monoisotopic (exact) mass is 171 g/mol. The van der Waals surface area contributed by atoms with Crippen molar-refractivity contribution in [3.63, 3.8) is 0 Å². The Morgan fingerprint density at radius 1 is 1.58 bits per heavy atom. The summed E-state index contributed by atoms with van der Waals surface area (Å²) in [6.45, 7) is 0.729. The third kappa shape index (κ3) is 3.04. The zero-order valence-electron chi connectivity index (χ0n) is 6.73. The molecule has 3 N–H and O–H groups in total. The third-order valence-electron chi connectivity index (χ3n) is 1.47. The van der Waals surface area contributed by atoms with E-state index in [1.165, 1.54) is 0 Å². The van der Waals surface area contributed by atoms with E-state index in [4.69, 9.17) is 14.6 Å². The minimum Gasteiger partial charge on any atom is -0.468 e. The zero-order valence-corrected chi connectivity index (χ0v) is 6.73. The Hall–Kier alpha value is -0.840. The van der Waals surface area contributed by atoms with E-state index in [0.717, 1.165) is 5.76 Å². The molecule has 0 saturated heterocycles. The maximum absolute atomic E-state index is 8.94. The number of furan rings is 1. The summed E-state index contributed by atoms with van der Waals surface area (Å²) in [6, 6.07) is 3.65. The summed E-state index contributed by atoms with van der Waals surface area (Å²) in [7, 11) is 0. The Labute approximate surface area is 70.8 Å². The lowest BCUT2D eigenvalue weighted by Crippen LogP contribution is -2.28. The van der Waals surface area contributed by atoms with E-state index < -0.39 is 6.10 Å². The maximum Gasteiger partial charge on any atom is 0.117 e. The number of hydrogen-bond acceptors (Lipinski definition) is 4. The number of hydrogen-bond donors (Lipinski definition) is 3. The molecule has 0 aromatic carbocycles. The van der Waals surface area contributed by atoms with Gasteiger partial charge >= 0.3 is 0 Å². The van der Waals surface area contributed by atoms with Gasteiger partial charge in [0.05, 0.1) is 25.5 Å². The first-order chi connectivity index (χ1) is 5.83. The van der Waals surface area contributed by atoms with Crippen molar-refractivity contribution in [2.75, 3.05) is 13.2 Å². The van der Waals surface area contributed by atoms with Gasteiger partial charge in [-0.1, -0.05) is 0 Å². The first-order valence-electron chi connectivity index (χ1n) is 3.85. The fourth-order valence-corrected chi connectivity index (χ4v) is 0.840. The van der Waals surface area contributed by atoms with Crippen LogP contribution in [0.25, 0.3) is 0 Å². The van der Waals surface area contributed by atoms with E-state index in [1.54, 1.807) is 12.3 Å². The van der Waals surface area contributed by atoms with Crippen molar-refractivity contribution in [2.24, 2.45) is 0 Å². The second-order valence-corrected chi connectivity index (χ2v) is 2.55. The van der Waals surface area contributed by atoms with Crippen molar-refractivity contribution in [3.05, 3.63) is 24.2 Å². The van der Waals surface area contributed by atoms with Crippen molar-refractivity contribution in [1.29, 1.82) is 0 Å². The third-order valence-corrected chi connectivity index (χ3v) is 1.47. The molecule has 1 rings (SSSR count). The van der Waals surface area contributed by atoms with Crippen LogP contribution in [0.15, 0.2) is 22.8 Å². The fraction of sp³-hybridized carbons (Fsp3) is 0.500. The van der Waals surface area contributed by atoms with Crippen LogP contribution in [0.2, 0.25) is 0 Å². The normalized spacial score (nSPS) is 13.2. The van der Waals surface area contributed by atoms with E-state index in [2.05, 4.69) is 5.32 Å². The number of nitrogens with one attached hydrogen (secondary N) is 1. The molecule has 0 aliphatic rings. The Balaban J connectivity index is 2.11. The molecular weight excluding hydrogens is 158 g/mol. The van der Waals surface area contributed by atoms with Crippen LogP contribution in [-0.2, 0) is 6.54 Å². The summed E-state index contributed by atoms with van der Waals surface area (Å²) >= 11 is 0. The molecular formula is C8H13NO3. The predicted octanol–water partition coefficient (Wildman–Crippen LogP) is -0.278. The van der Waals surface area contributed by atoms with Gasteiger partial charge in [0.2, 0.25) is 0 Å². The van der Waals surface area contributed by atoms with Gasteiger partial charge in [-0.2, -0.15) is 0 Å². The first kappa shape index (κ1) is 9.25. The maximum atomic E-state index is 8.94. The molecule has 68 valence electrons. The van der Waals surface area contributed by atoms with Gasteiger partial charge < -0.3 is 19.9 Å². The number of aliphatic hydroxyl groups excluding tert-OH is 2. The van der Waals surface area contributed by atoms with E-state index >= 15 is 0 Å². The highest BCUT2D eigenvalue weighted by Crippen LogP contribution is 1.98. The SMILES string of the molecule is OC[C@H](O)CNCc1ccco1. The lowest BCUT2D eigenvalue weighted by molar-refractivity contribution is 0.0938. The fourth-order valence-electron chi connectivity index (χ4n) is 0.840. The van der Waals surface area contributed by atoms with E-state index in [-0.39, 0.29) is 6.61 Å². The molecule has 0 aliphatic carbocycles. The molecule has 1 aromatic rings. The summed E-state index contributed by atoms with van der Waals surface area (Å²) in [5, 5.41) is 20.4. The minimum atomic E-state index is -0.694. The van der Waals surface area contributed by atoms with Crippen LogP contribution in [0.5, 0.6) is 0 Å². The minimum absolute atomic E-state index is 0.217. The molecule has 0 radical (unpaired) electrons. The highest BCUT2D eigenvalue weighted by atomic mass is 16.3. The first-order valence-corrected chi connectivity index (χ1v) is 3.85. The van der Waals surface area contributed by atoms with Crippen LogP contribution < -0.4 is 5.32 Å². The summed E-state index contributed by atoms with van der Waals surface area (Å²) in [5.74, 6) is 0.820. The average Bonchev–Trinajstić information content (AvgIpc) is 2.57. The molecule has 12 heavy (non-hydrogen) atoms. The van der Waals surface area contributed by atoms with E-state index in [1.807, 2.05) is 6.07 Å². The highest BCUT2D eigenvalue weighted by molar-refractivity contribution is 4.97. The van der Waals surface area contributed by atoms with Gasteiger partial charge in [0.15, 0.2) is 0 Å². The molecule has 0 fully saturated rings. The molecule has 0 bridgehead atoms. The van der Waals surface area contributed by atoms with Crippen LogP contribution in [0, 0.1) is 0 Å². The van der Waals surface area contributed by atoms with Crippen molar-refractivity contribution in [1.82, 2.24) is 5.32 Å². The largest absolute Gasteiger partial charge is 0.468 e. The van der Waals surface area contributed by atoms with Gasteiger partial charge in [0.25, 0.3) is 0 Å². The summed E-state index contributed by atoms with van der Waals surface area (Å²) in [5.41, 5.74) is 0. The molecule has 1 aromatic heterocycles. The standard InChI is InChI=1S/C8H13NO3/c10-6-7(11)4-9-5-8-2-1-3-12-8/h1-3,7,9-11H,4-6H2/t7-/m1/s1. The average molecular weight is 171 g/mol. The van der Waals surface area contributed by atoms with Crippen LogP contribution in [0.4, 0.5) is 0 Å². The molecule has 0 amide bonds. The highest BCUT2D eigenvalue weighted by Gasteiger charge is 2.00. The Bertz CT molecular complexity index is 198. The molecule has 4 nitrogen and oxygen atoms in total. The topological polar surface area (TPSA) is 65.6 Å². The predicted molar refractivity (Wildman–Crippen MR) is 43.5 cm³/mol. The zero-order chi connectivity index (χ0) is 8.81. The summed E-state index contributed by atoms with van der Waals surface area (Å²) in [6.07, 6.45) is 0.902. The van der Waals surface area contributed by atoms with Gasteiger partial charge in [-0.3, -0.25) is 0 Å². The molecule has 1 heterocycles. The Morgan fingerprint density at radius 2 is 2.42 bits per heavy atom. The summed E-state index contributed by atoms with van der Waals surface area (Å²) in [4.78, 5) is 0. The molecule has 4 heteroatoms. The quantitative estimate of drug-likeness (QED) is 0.570. The van der Waals surface area contributed by atoms with Crippen LogP contribution in [0.3, 0.4) is 0 Å². The molecule has 1 atom stereocenters. The smallest absolute Gasteiger partial charge is 0.117 e. The molecule has 0 aliphatic heterocycles. The van der Waals surface area contributed by atoms with Gasteiger partial charge in [-0.15, -0.1) is 0 Å². The van der Waals surface area contributed by atoms with Crippen LogP contribution in [-0.4, -0.2) is 29.5 Å². The number of aliphatic hydroxyl groups is 2. The summed E-state index contributed by atoms with van der Waals surface area (Å²) < 4.78 is 5.04. The van der Waals surface area contributed by atoms with Crippen molar-refractivity contribution >= 4 is 0 Å². The molecule has 0 unspecified atom stereocenters. The Morgan fingerprint density at radius 3 is 3.00 bits per heavy atom. The van der Waals surface area contributed by atoms with E-state index in [9.17, 15) is 0 Å². The van der Waals surface area contributed by atoms with Crippen molar-refractivity contribution < 1.29 is 14.6 Å². The van der Waals surface area contributed by atoms with Gasteiger partial charge in [-0.25, -0.2) is 0 Å². The Kier molecular flexibility index (Phi) is 3.79. The molecule has 0 saturated carbocycles. The van der Waals surface area contributed by atoms with Crippen LogP contribution in [0.1, 0.15) is 5.76 Å². The second kappa shape index (κ2) is 4.92. The van der Waals surface area contributed by atoms with Crippen molar-refractivity contribution in [2.45, 2.75) is 12.6 Å².